The van der Waals surface area contributed by atoms with Gasteiger partial charge in [-0.15, -0.1) is 6.58 Å². The molecule has 0 aromatic heterocycles. The van der Waals surface area contributed by atoms with Crippen LogP contribution in [-0.4, -0.2) is 6.61 Å². The first-order valence-electron chi connectivity index (χ1n) is 4.28. The van der Waals surface area contributed by atoms with Gasteiger partial charge in [0.2, 0.25) is 0 Å². The minimum atomic E-state index is -0.210. The molecular weight excluding hydrogens is 167 g/mol. The van der Waals surface area contributed by atoms with Gasteiger partial charge >= 0.3 is 0 Å². The highest BCUT2D eigenvalue weighted by molar-refractivity contribution is 5.28. The highest BCUT2D eigenvalue weighted by Crippen LogP contribution is 2.42. The van der Waals surface area contributed by atoms with Crippen LogP contribution in [0.2, 0.25) is 0 Å². The van der Waals surface area contributed by atoms with Crippen LogP contribution in [0.4, 0.5) is 4.39 Å². The number of rotatable bonds is 3. The lowest BCUT2D eigenvalue weighted by Gasteiger charge is -2.08. The Morgan fingerprint density at radius 1 is 1.46 bits per heavy atom. The molecule has 2 heteroatoms. The van der Waals surface area contributed by atoms with Crippen LogP contribution in [0, 0.1) is 5.82 Å². The summed E-state index contributed by atoms with van der Waals surface area (Å²) in [5, 5.41) is 0. The van der Waals surface area contributed by atoms with Crippen LogP contribution in [0.3, 0.4) is 0 Å². The number of halogens is 1. The van der Waals surface area contributed by atoms with Crippen molar-refractivity contribution in [2.75, 3.05) is 6.61 Å². The van der Waals surface area contributed by atoms with Gasteiger partial charge in [-0.3, -0.25) is 0 Å². The summed E-state index contributed by atoms with van der Waals surface area (Å²) in [4.78, 5) is 0. The predicted molar refractivity (Wildman–Crippen MR) is 48.8 cm³/mol. The van der Waals surface area contributed by atoms with Gasteiger partial charge in [0, 0.05) is 6.42 Å². The van der Waals surface area contributed by atoms with E-state index in [1.54, 1.807) is 12.1 Å². The van der Waals surface area contributed by atoms with Crippen LogP contribution in [0.1, 0.15) is 12.0 Å². The standard InChI is InChI=1S/C11H11FO/c1-2-7-11(8-13-11)9-3-5-10(12)6-4-9/h2-6H,1,7-8H2. The third kappa shape index (κ3) is 1.49. The molecule has 13 heavy (non-hydrogen) atoms. The lowest BCUT2D eigenvalue weighted by atomic mass is 9.97. The van der Waals surface area contributed by atoms with E-state index in [0.717, 1.165) is 12.0 Å². The van der Waals surface area contributed by atoms with Gasteiger partial charge in [-0.2, -0.15) is 0 Å². The molecule has 1 aliphatic rings. The van der Waals surface area contributed by atoms with Crippen molar-refractivity contribution in [3.63, 3.8) is 0 Å². The molecular formula is C11H11FO. The Hall–Kier alpha value is -1.15. The molecule has 1 fully saturated rings. The van der Waals surface area contributed by atoms with Gasteiger partial charge in [0.15, 0.2) is 0 Å². The van der Waals surface area contributed by atoms with Crippen LogP contribution in [0.25, 0.3) is 0 Å². The number of hydrogen-bond acceptors (Lipinski definition) is 1. The van der Waals surface area contributed by atoms with E-state index in [4.69, 9.17) is 4.74 Å². The van der Waals surface area contributed by atoms with E-state index < -0.39 is 0 Å². The molecule has 2 rings (SSSR count). The Labute approximate surface area is 76.8 Å². The summed E-state index contributed by atoms with van der Waals surface area (Å²) in [5.41, 5.74) is 0.837. The average Bonchev–Trinajstić information content (AvgIpc) is 2.87. The van der Waals surface area contributed by atoms with Crippen molar-refractivity contribution >= 4 is 0 Å². The molecule has 1 heterocycles. The Morgan fingerprint density at radius 3 is 2.54 bits per heavy atom. The van der Waals surface area contributed by atoms with Gasteiger partial charge in [0.25, 0.3) is 0 Å². The lowest BCUT2D eigenvalue weighted by Crippen LogP contribution is -2.06. The maximum Gasteiger partial charge on any atom is 0.123 e. The molecule has 1 aromatic rings. The van der Waals surface area contributed by atoms with Gasteiger partial charge in [-0.25, -0.2) is 4.39 Å². The SMILES string of the molecule is C=CCC1(c2ccc(F)cc2)CO1. The molecule has 0 bridgehead atoms. The summed E-state index contributed by atoms with van der Waals surface area (Å²) < 4.78 is 18.0. The Kier molecular flexibility index (Phi) is 1.93. The summed E-state index contributed by atoms with van der Waals surface area (Å²) in [6.45, 7) is 4.39. The summed E-state index contributed by atoms with van der Waals surface area (Å²) in [6, 6.07) is 6.46. The fourth-order valence-corrected chi connectivity index (χ4v) is 1.48. The number of benzene rings is 1. The van der Waals surface area contributed by atoms with Gasteiger partial charge in [0.05, 0.1) is 6.61 Å². The average molecular weight is 178 g/mol. The van der Waals surface area contributed by atoms with E-state index in [1.807, 2.05) is 6.08 Å². The molecule has 0 N–H and O–H groups in total. The van der Waals surface area contributed by atoms with E-state index in [-0.39, 0.29) is 11.4 Å². The van der Waals surface area contributed by atoms with Crippen LogP contribution in [-0.2, 0) is 10.3 Å². The smallest absolute Gasteiger partial charge is 0.123 e. The van der Waals surface area contributed by atoms with Gasteiger partial charge in [0.1, 0.15) is 11.4 Å². The molecule has 0 amide bonds. The maximum atomic E-state index is 12.6. The summed E-state index contributed by atoms with van der Waals surface area (Å²) in [6.07, 6.45) is 2.62. The second kappa shape index (κ2) is 2.96. The molecule has 0 aliphatic carbocycles. The minimum Gasteiger partial charge on any atom is -0.364 e. The van der Waals surface area contributed by atoms with Crippen molar-refractivity contribution < 1.29 is 9.13 Å². The Morgan fingerprint density at radius 2 is 2.08 bits per heavy atom. The third-order valence-corrected chi connectivity index (χ3v) is 2.34. The van der Waals surface area contributed by atoms with Crippen molar-refractivity contribution in [1.29, 1.82) is 0 Å². The topological polar surface area (TPSA) is 12.5 Å². The second-order valence-corrected chi connectivity index (χ2v) is 3.28. The van der Waals surface area contributed by atoms with Crippen molar-refractivity contribution in [3.05, 3.63) is 48.3 Å². The van der Waals surface area contributed by atoms with Gasteiger partial charge in [-0.1, -0.05) is 18.2 Å². The first-order chi connectivity index (χ1) is 6.27. The maximum absolute atomic E-state index is 12.6. The molecule has 0 spiro atoms. The van der Waals surface area contributed by atoms with E-state index in [1.165, 1.54) is 12.1 Å². The summed E-state index contributed by atoms with van der Waals surface area (Å²) in [5.74, 6) is -0.210. The molecule has 1 unspecified atom stereocenters. The second-order valence-electron chi connectivity index (χ2n) is 3.28. The number of epoxide rings is 1. The van der Waals surface area contributed by atoms with Gasteiger partial charge < -0.3 is 4.74 Å². The fraction of sp³-hybridized carbons (Fsp3) is 0.273. The summed E-state index contributed by atoms with van der Waals surface area (Å²) >= 11 is 0. The fourth-order valence-electron chi connectivity index (χ4n) is 1.48. The Bertz CT molecular complexity index is 311. The molecule has 0 saturated carbocycles. The highest BCUT2D eigenvalue weighted by Gasteiger charge is 2.44. The third-order valence-electron chi connectivity index (χ3n) is 2.34. The predicted octanol–water partition coefficient (Wildman–Crippen LogP) is 2.63. The van der Waals surface area contributed by atoms with Crippen molar-refractivity contribution in [2.24, 2.45) is 0 Å². The first-order valence-corrected chi connectivity index (χ1v) is 4.28. The van der Waals surface area contributed by atoms with E-state index in [9.17, 15) is 4.39 Å². The van der Waals surface area contributed by atoms with Crippen molar-refractivity contribution in [3.8, 4) is 0 Å². The zero-order chi connectivity index (χ0) is 9.31. The van der Waals surface area contributed by atoms with Crippen LogP contribution < -0.4 is 0 Å². The monoisotopic (exact) mass is 178 g/mol. The van der Waals surface area contributed by atoms with Crippen LogP contribution in [0.5, 0.6) is 0 Å². The van der Waals surface area contributed by atoms with Crippen LogP contribution in [0.15, 0.2) is 36.9 Å². The first kappa shape index (κ1) is 8.45. The van der Waals surface area contributed by atoms with E-state index >= 15 is 0 Å². The zero-order valence-electron chi connectivity index (χ0n) is 7.29. The summed E-state index contributed by atoms with van der Waals surface area (Å²) in [7, 11) is 0. The molecule has 68 valence electrons. The molecule has 0 radical (unpaired) electrons. The minimum absolute atomic E-state index is 0.199. The largest absolute Gasteiger partial charge is 0.364 e. The lowest BCUT2D eigenvalue weighted by molar-refractivity contribution is 0.310. The highest BCUT2D eigenvalue weighted by atomic mass is 19.1. The van der Waals surface area contributed by atoms with E-state index in [0.29, 0.717) is 6.61 Å². The molecule has 1 atom stereocenters. The van der Waals surface area contributed by atoms with Crippen molar-refractivity contribution in [2.45, 2.75) is 12.0 Å². The quantitative estimate of drug-likeness (QED) is 0.512. The molecule has 1 aliphatic heterocycles. The Balaban J connectivity index is 2.25. The molecule has 1 nitrogen and oxygen atoms in total. The van der Waals surface area contributed by atoms with Gasteiger partial charge in [-0.05, 0) is 17.7 Å². The van der Waals surface area contributed by atoms with Crippen LogP contribution >= 0.6 is 0 Å². The molecule has 1 aromatic carbocycles. The van der Waals surface area contributed by atoms with E-state index in [2.05, 4.69) is 6.58 Å². The molecule has 1 saturated heterocycles. The van der Waals surface area contributed by atoms with Crippen molar-refractivity contribution in [1.82, 2.24) is 0 Å². The number of hydrogen-bond donors (Lipinski definition) is 0. The number of ether oxygens (including phenoxy) is 1. The normalized spacial score (nSPS) is 25.6. The zero-order valence-corrected chi connectivity index (χ0v) is 7.29.